The first-order valence-corrected chi connectivity index (χ1v) is 7.92. The van der Waals surface area contributed by atoms with E-state index in [4.69, 9.17) is 9.47 Å². The monoisotopic (exact) mass is 338 g/mol. The van der Waals surface area contributed by atoms with E-state index in [2.05, 4.69) is 16.9 Å². The molecule has 2 aromatic rings. The molecule has 1 amide bonds. The number of carbonyl (C=O) groups is 1. The number of ether oxygens (including phenoxy) is 2. The Bertz CT molecular complexity index is 769. The SMILES string of the molecule is C=CCOc1ccc(/C=C/C(=O)NCc2ncccc2C)cc1OC. The molecule has 0 fully saturated rings. The Morgan fingerprint density at radius 3 is 2.88 bits per heavy atom. The molecule has 0 aliphatic rings. The van der Waals surface area contributed by atoms with Crippen LogP contribution in [0.3, 0.4) is 0 Å². The van der Waals surface area contributed by atoms with Crippen LogP contribution >= 0.6 is 0 Å². The standard InChI is InChI=1S/C20H22N2O3/c1-4-12-25-18-9-7-16(13-19(18)24-3)8-10-20(23)22-14-17-15(2)6-5-11-21-17/h4-11,13H,1,12,14H2,2-3H3,(H,22,23)/b10-8+. The van der Waals surface area contributed by atoms with Gasteiger partial charge < -0.3 is 14.8 Å². The molecule has 1 heterocycles. The highest BCUT2D eigenvalue weighted by Crippen LogP contribution is 2.28. The van der Waals surface area contributed by atoms with E-state index in [1.165, 1.54) is 6.08 Å². The average Bonchev–Trinajstić information content (AvgIpc) is 2.64. The van der Waals surface area contributed by atoms with Gasteiger partial charge in [-0.15, -0.1) is 0 Å². The van der Waals surface area contributed by atoms with E-state index < -0.39 is 0 Å². The van der Waals surface area contributed by atoms with E-state index in [-0.39, 0.29) is 5.91 Å². The zero-order chi connectivity index (χ0) is 18.1. The third-order valence-corrected chi connectivity index (χ3v) is 3.52. The number of aryl methyl sites for hydroxylation is 1. The Morgan fingerprint density at radius 2 is 2.16 bits per heavy atom. The first-order valence-electron chi connectivity index (χ1n) is 7.92. The van der Waals surface area contributed by atoms with Gasteiger partial charge in [0.15, 0.2) is 11.5 Å². The molecule has 2 rings (SSSR count). The first-order chi connectivity index (χ1) is 12.1. The third-order valence-electron chi connectivity index (χ3n) is 3.52. The smallest absolute Gasteiger partial charge is 0.244 e. The molecular formula is C20H22N2O3. The number of amides is 1. The molecular weight excluding hydrogens is 316 g/mol. The lowest BCUT2D eigenvalue weighted by Crippen LogP contribution is -2.21. The van der Waals surface area contributed by atoms with Gasteiger partial charge in [-0.05, 0) is 42.3 Å². The number of methoxy groups -OCH3 is 1. The Kier molecular flexibility index (Phi) is 6.77. The zero-order valence-electron chi connectivity index (χ0n) is 14.5. The van der Waals surface area contributed by atoms with Crippen molar-refractivity contribution in [3.05, 3.63) is 72.1 Å². The molecule has 0 radical (unpaired) electrons. The van der Waals surface area contributed by atoms with Gasteiger partial charge in [0.1, 0.15) is 6.61 Å². The van der Waals surface area contributed by atoms with Gasteiger partial charge >= 0.3 is 0 Å². The van der Waals surface area contributed by atoms with Crippen molar-refractivity contribution >= 4 is 12.0 Å². The maximum absolute atomic E-state index is 12.0. The summed E-state index contributed by atoms with van der Waals surface area (Å²) in [6.07, 6.45) is 6.59. The van der Waals surface area contributed by atoms with Crippen LogP contribution in [-0.2, 0) is 11.3 Å². The van der Waals surface area contributed by atoms with Gasteiger partial charge in [0, 0.05) is 12.3 Å². The van der Waals surface area contributed by atoms with Crippen molar-refractivity contribution in [2.24, 2.45) is 0 Å². The van der Waals surface area contributed by atoms with Crippen molar-refractivity contribution in [2.75, 3.05) is 13.7 Å². The highest BCUT2D eigenvalue weighted by molar-refractivity contribution is 5.91. The van der Waals surface area contributed by atoms with Crippen LogP contribution in [0.5, 0.6) is 11.5 Å². The first kappa shape index (κ1) is 18.3. The highest BCUT2D eigenvalue weighted by atomic mass is 16.5. The average molecular weight is 338 g/mol. The number of hydrogen-bond donors (Lipinski definition) is 1. The van der Waals surface area contributed by atoms with E-state index in [1.807, 2.05) is 31.2 Å². The van der Waals surface area contributed by atoms with Crippen molar-refractivity contribution in [1.29, 1.82) is 0 Å². The number of carbonyl (C=O) groups excluding carboxylic acids is 1. The van der Waals surface area contributed by atoms with E-state index in [9.17, 15) is 4.79 Å². The molecule has 25 heavy (non-hydrogen) atoms. The Morgan fingerprint density at radius 1 is 1.32 bits per heavy atom. The molecule has 0 aliphatic heterocycles. The summed E-state index contributed by atoms with van der Waals surface area (Å²) in [5.74, 6) is 1.05. The molecule has 5 heteroatoms. The van der Waals surface area contributed by atoms with Crippen LogP contribution in [0, 0.1) is 6.92 Å². The van der Waals surface area contributed by atoms with Gasteiger partial charge in [0.25, 0.3) is 0 Å². The lowest BCUT2D eigenvalue weighted by molar-refractivity contribution is -0.116. The van der Waals surface area contributed by atoms with Gasteiger partial charge in [0.2, 0.25) is 5.91 Å². The van der Waals surface area contributed by atoms with Crippen molar-refractivity contribution in [1.82, 2.24) is 10.3 Å². The van der Waals surface area contributed by atoms with Crippen molar-refractivity contribution in [3.8, 4) is 11.5 Å². The van der Waals surface area contributed by atoms with Gasteiger partial charge in [-0.1, -0.05) is 24.8 Å². The quantitative estimate of drug-likeness (QED) is 0.593. The normalized spacial score (nSPS) is 10.5. The van der Waals surface area contributed by atoms with Crippen molar-refractivity contribution in [2.45, 2.75) is 13.5 Å². The Balaban J connectivity index is 1.97. The van der Waals surface area contributed by atoms with E-state index in [0.29, 0.717) is 24.7 Å². The maximum atomic E-state index is 12.0. The van der Waals surface area contributed by atoms with Crippen LogP contribution in [0.2, 0.25) is 0 Å². The van der Waals surface area contributed by atoms with E-state index in [0.717, 1.165) is 16.8 Å². The summed E-state index contributed by atoms with van der Waals surface area (Å²) in [7, 11) is 1.57. The predicted molar refractivity (Wildman–Crippen MR) is 98.5 cm³/mol. The Hall–Kier alpha value is -3.08. The molecule has 5 nitrogen and oxygen atoms in total. The van der Waals surface area contributed by atoms with Crippen LogP contribution in [0.25, 0.3) is 6.08 Å². The maximum Gasteiger partial charge on any atom is 0.244 e. The molecule has 0 atom stereocenters. The second-order valence-electron chi connectivity index (χ2n) is 5.33. The molecule has 1 N–H and O–H groups in total. The van der Waals surface area contributed by atoms with Gasteiger partial charge in [-0.2, -0.15) is 0 Å². The second-order valence-corrected chi connectivity index (χ2v) is 5.33. The third kappa shape index (κ3) is 5.49. The summed E-state index contributed by atoms with van der Waals surface area (Å²) < 4.78 is 10.8. The minimum Gasteiger partial charge on any atom is -0.493 e. The molecule has 0 saturated heterocycles. The number of rotatable bonds is 8. The molecule has 0 unspecified atom stereocenters. The van der Waals surface area contributed by atoms with E-state index >= 15 is 0 Å². The number of pyridine rings is 1. The predicted octanol–water partition coefficient (Wildman–Crippen LogP) is 3.29. The molecule has 0 saturated carbocycles. The molecule has 0 spiro atoms. The minimum atomic E-state index is -0.184. The summed E-state index contributed by atoms with van der Waals surface area (Å²) >= 11 is 0. The lowest BCUT2D eigenvalue weighted by Gasteiger charge is -2.09. The highest BCUT2D eigenvalue weighted by Gasteiger charge is 2.05. The topological polar surface area (TPSA) is 60.5 Å². The van der Waals surface area contributed by atoms with Crippen LogP contribution in [-0.4, -0.2) is 24.6 Å². The number of hydrogen-bond acceptors (Lipinski definition) is 4. The summed E-state index contributed by atoms with van der Waals surface area (Å²) in [5.41, 5.74) is 2.74. The minimum absolute atomic E-state index is 0.184. The van der Waals surface area contributed by atoms with Crippen LogP contribution in [0.1, 0.15) is 16.8 Å². The fourth-order valence-electron chi connectivity index (χ4n) is 2.16. The summed E-state index contributed by atoms with van der Waals surface area (Å²) in [6, 6.07) is 9.30. The van der Waals surface area contributed by atoms with Crippen molar-refractivity contribution < 1.29 is 14.3 Å². The summed E-state index contributed by atoms with van der Waals surface area (Å²) in [5, 5.41) is 2.82. The Labute approximate surface area is 148 Å². The van der Waals surface area contributed by atoms with Gasteiger partial charge in [-0.3, -0.25) is 9.78 Å². The second kappa shape index (κ2) is 9.27. The lowest BCUT2D eigenvalue weighted by atomic mass is 10.2. The van der Waals surface area contributed by atoms with Crippen LogP contribution < -0.4 is 14.8 Å². The molecule has 1 aromatic heterocycles. The fourth-order valence-corrected chi connectivity index (χ4v) is 2.16. The summed E-state index contributed by atoms with van der Waals surface area (Å²) in [4.78, 5) is 16.2. The molecule has 0 aliphatic carbocycles. The van der Waals surface area contributed by atoms with Gasteiger partial charge in [0.05, 0.1) is 19.3 Å². The number of benzene rings is 1. The zero-order valence-corrected chi connectivity index (χ0v) is 14.5. The molecule has 1 aromatic carbocycles. The number of nitrogens with zero attached hydrogens (tertiary/aromatic N) is 1. The summed E-state index contributed by atoms with van der Waals surface area (Å²) in [6.45, 7) is 6.38. The molecule has 0 bridgehead atoms. The van der Waals surface area contributed by atoms with Crippen LogP contribution in [0.15, 0.2) is 55.3 Å². The van der Waals surface area contributed by atoms with Crippen LogP contribution in [0.4, 0.5) is 0 Å². The van der Waals surface area contributed by atoms with Gasteiger partial charge in [-0.25, -0.2) is 0 Å². The number of nitrogens with one attached hydrogen (secondary N) is 1. The largest absolute Gasteiger partial charge is 0.493 e. The number of aromatic nitrogens is 1. The van der Waals surface area contributed by atoms with E-state index in [1.54, 1.807) is 31.5 Å². The fraction of sp³-hybridized carbons (Fsp3) is 0.200. The van der Waals surface area contributed by atoms with Crippen molar-refractivity contribution in [3.63, 3.8) is 0 Å². The molecule has 130 valence electrons.